The number of thiazole rings is 1. The Balaban J connectivity index is 1.20. The second-order valence-corrected chi connectivity index (χ2v) is 12.9. The van der Waals surface area contributed by atoms with Gasteiger partial charge in [0.05, 0.1) is 18.8 Å². The molecular weight excluding hydrogens is 490 g/mol. The lowest BCUT2D eigenvalue weighted by atomic mass is 9.52. The Labute approximate surface area is 231 Å². The fourth-order valence-corrected chi connectivity index (χ4v) is 7.55. The third-order valence-corrected chi connectivity index (χ3v) is 10.2. The van der Waals surface area contributed by atoms with Crippen molar-refractivity contribution in [3.8, 4) is 11.3 Å². The summed E-state index contributed by atoms with van der Waals surface area (Å²) in [6, 6.07) is 8.83. The Morgan fingerprint density at radius 1 is 1.18 bits per heavy atom. The zero-order valence-corrected chi connectivity index (χ0v) is 23.6. The third kappa shape index (κ3) is 5.13. The van der Waals surface area contributed by atoms with Crippen LogP contribution in [0.25, 0.3) is 11.3 Å². The van der Waals surface area contributed by atoms with E-state index in [0.717, 1.165) is 48.0 Å². The first kappa shape index (κ1) is 25.9. The summed E-state index contributed by atoms with van der Waals surface area (Å²) >= 11 is 1.65. The average molecular weight is 532 g/mol. The second kappa shape index (κ2) is 10.7. The molecule has 0 saturated heterocycles. The van der Waals surface area contributed by atoms with E-state index in [1.54, 1.807) is 18.4 Å². The summed E-state index contributed by atoms with van der Waals surface area (Å²) in [7, 11) is 1.72. The first-order valence-electron chi connectivity index (χ1n) is 14.3. The highest BCUT2D eigenvalue weighted by molar-refractivity contribution is 7.09. The highest BCUT2D eigenvalue weighted by Gasteiger charge is 2.52. The van der Waals surface area contributed by atoms with E-state index in [1.165, 1.54) is 68.5 Å². The summed E-state index contributed by atoms with van der Waals surface area (Å²) in [6.45, 7) is 7.68. The van der Waals surface area contributed by atoms with Crippen molar-refractivity contribution in [3.63, 3.8) is 0 Å². The van der Waals surface area contributed by atoms with Crippen LogP contribution in [0, 0.1) is 16.7 Å². The van der Waals surface area contributed by atoms with E-state index in [1.807, 2.05) is 0 Å². The van der Waals surface area contributed by atoms with Crippen LogP contribution in [0.5, 0.6) is 0 Å². The molecule has 4 fully saturated rings. The van der Waals surface area contributed by atoms with Crippen LogP contribution in [0.4, 0.5) is 5.69 Å². The summed E-state index contributed by atoms with van der Waals surface area (Å²) < 4.78 is 5.28. The van der Waals surface area contributed by atoms with Crippen LogP contribution in [-0.2, 0) is 11.3 Å². The first-order chi connectivity index (χ1) is 18.5. The smallest absolute Gasteiger partial charge is 0.126 e. The molecule has 1 aromatic carbocycles. The topological polar surface area (TPSA) is 76.1 Å². The molecule has 0 radical (unpaired) electrons. The molecular formula is C31H41N5OS. The molecule has 7 rings (SSSR count). The number of rotatable bonds is 12. The molecule has 0 unspecified atom stereocenters. The minimum atomic E-state index is 0.299. The molecule has 2 heterocycles. The van der Waals surface area contributed by atoms with E-state index >= 15 is 0 Å². The number of ether oxygens (including phenoxy) is 1. The molecule has 2 N–H and O–H groups in total. The summed E-state index contributed by atoms with van der Waals surface area (Å²) in [6.07, 6.45) is 12.0. The first-order valence-corrected chi connectivity index (χ1v) is 15.2. The Morgan fingerprint density at radius 2 is 1.97 bits per heavy atom. The van der Waals surface area contributed by atoms with E-state index in [2.05, 4.69) is 41.1 Å². The van der Waals surface area contributed by atoms with Gasteiger partial charge in [-0.05, 0) is 88.3 Å². The van der Waals surface area contributed by atoms with Crippen molar-refractivity contribution >= 4 is 28.6 Å². The molecule has 2 aromatic rings. The fourth-order valence-electron chi connectivity index (χ4n) is 6.77. The van der Waals surface area contributed by atoms with Gasteiger partial charge < -0.3 is 15.4 Å². The van der Waals surface area contributed by atoms with Gasteiger partial charge in [-0.3, -0.25) is 4.99 Å². The number of hydrogen-bond acceptors (Lipinski definition) is 7. The molecule has 4 aliphatic carbocycles. The van der Waals surface area contributed by atoms with Crippen molar-refractivity contribution in [2.24, 2.45) is 32.5 Å². The molecule has 202 valence electrons. The van der Waals surface area contributed by atoms with E-state index in [4.69, 9.17) is 25.4 Å². The molecule has 2 bridgehead atoms. The Bertz CT molecular complexity index is 1220. The quantitative estimate of drug-likeness (QED) is 0.334. The minimum absolute atomic E-state index is 0.299. The summed E-state index contributed by atoms with van der Waals surface area (Å²) in [5.74, 6) is 1.82. The summed E-state index contributed by atoms with van der Waals surface area (Å²) in [4.78, 5) is 17.2. The minimum Gasteiger partial charge on any atom is -0.378 e. The maximum absolute atomic E-state index is 5.89. The molecule has 5 aliphatic rings. The Hall–Kier alpha value is -2.35. The van der Waals surface area contributed by atoms with Crippen LogP contribution >= 0.6 is 11.3 Å². The zero-order valence-electron chi connectivity index (χ0n) is 22.8. The van der Waals surface area contributed by atoms with E-state index in [9.17, 15) is 0 Å². The van der Waals surface area contributed by atoms with Crippen molar-refractivity contribution in [2.45, 2.75) is 70.8 Å². The third-order valence-electron chi connectivity index (χ3n) is 9.41. The number of fused-ring (bicyclic) bond motifs is 3. The predicted molar refractivity (Wildman–Crippen MR) is 158 cm³/mol. The standard InChI is InChI=1S/C31H41N5OS/c1-22(5-4-16-32)36(25-7-3-6-24(17-25)26-20-38-28(34-26)19-37-2)21-30-10-13-31(14-11-30,15-12-30)27-18-33-29(35-27)23-8-9-23/h3,6-7,17,20,23H,1,4-5,8-16,18-19,21,32H2,2H3. The highest BCUT2D eigenvalue weighted by atomic mass is 32.1. The molecule has 0 spiro atoms. The number of hydrogen-bond donors (Lipinski definition) is 1. The van der Waals surface area contributed by atoms with Crippen molar-refractivity contribution in [1.82, 2.24) is 4.98 Å². The molecule has 38 heavy (non-hydrogen) atoms. The number of nitrogens with two attached hydrogens (primary N) is 1. The van der Waals surface area contributed by atoms with Gasteiger partial charge in [-0.25, -0.2) is 9.98 Å². The molecule has 4 saturated carbocycles. The predicted octanol–water partition coefficient (Wildman–Crippen LogP) is 6.62. The maximum atomic E-state index is 5.89. The number of benzene rings is 1. The van der Waals surface area contributed by atoms with Gasteiger partial charge in [-0.15, -0.1) is 11.3 Å². The van der Waals surface area contributed by atoms with Gasteiger partial charge >= 0.3 is 0 Å². The van der Waals surface area contributed by atoms with E-state index in [0.29, 0.717) is 29.9 Å². The highest BCUT2D eigenvalue weighted by Crippen LogP contribution is 2.58. The molecule has 0 atom stereocenters. The number of allylic oxidation sites excluding steroid dienone is 1. The number of methoxy groups -OCH3 is 1. The van der Waals surface area contributed by atoms with E-state index < -0.39 is 0 Å². The monoisotopic (exact) mass is 531 g/mol. The summed E-state index contributed by atoms with van der Waals surface area (Å²) in [5, 5.41) is 3.14. The van der Waals surface area contributed by atoms with Crippen molar-refractivity contribution in [2.75, 3.05) is 31.6 Å². The van der Waals surface area contributed by atoms with Crippen LogP contribution in [0.1, 0.15) is 69.2 Å². The van der Waals surface area contributed by atoms with Crippen LogP contribution in [-0.4, -0.2) is 43.3 Å². The Kier molecular flexibility index (Phi) is 7.27. The Morgan fingerprint density at radius 3 is 2.68 bits per heavy atom. The molecule has 1 aliphatic heterocycles. The summed E-state index contributed by atoms with van der Waals surface area (Å²) in [5.41, 5.74) is 12.5. The van der Waals surface area contributed by atoms with Crippen LogP contribution in [0.2, 0.25) is 0 Å². The fraction of sp³-hybridized carbons (Fsp3) is 0.581. The lowest BCUT2D eigenvalue weighted by Gasteiger charge is -2.55. The van der Waals surface area contributed by atoms with E-state index in [-0.39, 0.29) is 0 Å². The van der Waals surface area contributed by atoms with Gasteiger partial charge in [-0.1, -0.05) is 18.7 Å². The number of amidine groups is 1. The van der Waals surface area contributed by atoms with Crippen molar-refractivity contribution in [3.05, 3.63) is 46.9 Å². The molecule has 7 heteroatoms. The number of aliphatic imine (C=N–C) groups is 2. The second-order valence-electron chi connectivity index (χ2n) is 11.9. The lowest BCUT2D eigenvalue weighted by molar-refractivity contribution is 0.0393. The largest absolute Gasteiger partial charge is 0.378 e. The number of anilines is 1. The van der Waals surface area contributed by atoms with Gasteiger partial charge in [0.15, 0.2) is 0 Å². The van der Waals surface area contributed by atoms with Gasteiger partial charge in [0.2, 0.25) is 0 Å². The number of aromatic nitrogens is 1. The van der Waals surface area contributed by atoms with Crippen LogP contribution in [0.15, 0.2) is 51.9 Å². The molecule has 6 nitrogen and oxygen atoms in total. The maximum Gasteiger partial charge on any atom is 0.126 e. The SMILES string of the molecule is C=C(CCCN)N(CC12CCC(C3=NC(C4CC4)=NC3)(CC1)CC2)c1cccc(-c2csc(COC)n2)c1. The zero-order chi connectivity index (χ0) is 26.2. The van der Waals surface area contributed by atoms with Crippen molar-refractivity contribution in [1.29, 1.82) is 0 Å². The molecule has 0 amide bonds. The van der Waals surface area contributed by atoms with Crippen molar-refractivity contribution < 1.29 is 4.74 Å². The number of nitrogens with zero attached hydrogens (tertiary/aromatic N) is 4. The average Bonchev–Trinajstić information content (AvgIpc) is 3.48. The molecule has 1 aromatic heterocycles. The van der Waals surface area contributed by atoms with Crippen LogP contribution < -0.4 is 10.6 Å². The normalized spacial score (nSPS) is 26.4. The van der Waals surface area contributed by atoms with Gasteiger partial charge in [0.25, 0.3) is 0 Å². The van der Waals surface area contributed by atoms with Gasteiger partial charge in [-0.2, -0.15) is 0 Å². The van der Waals surface area contributed by atoms with Crippen LogP contribution in [0.3, 0.4) is 0 Å². The lowest BCUT2D eigenvalue weighted by Crippen LogP contribution is -2.50. The van der Waals surface area contributed by atoms with Gasteiger partial charge in [0.1, 0.15) is 10.8 Å². The van der Waals surface area contributed by atoms with Gasteiger partial charge in [0, 0.05) is 53.0 Å².